The number of rotatable bonds is 3. The van der Waals surface area contributed by atoms with Gasteiger partial charge in [0.25, 0.3) is 0 Å². The van der Waals surface area contributed by atoms with Crippen LogP contribution in [0.3, 0.4) is 0 Å². The van der Waals surface area contributed by atoms with Crippen LogP contribution >= 0.6 is 0 Å². The molecule has 0 aromatic rings. The van der Waals surface area contributed by atoms with Gasteiger partial charge in [-0.15, -0.1) is 0 Å². The first kappa shape index (κ1) is 14.5. The number of nitrogens with one attached hydrogen (secondary N) is 1. The van der Waals surface area contributed by atoms with Crippen LogP contribution in [-0.4, -0.2) is 28.8 Å². The highest BCUT2D eigenvalue weighted by atomic mass is 16.6. The summed E-state index contributed by atoms with van der Waals surface area (Å²) in [7, 11) is 0. The summed E-state index contributed by atoms with van der Waals surface area (Å²) in [5.74, 6) is -1.00. The Balaban J connectivity index is 4.26. The monoisotopic (exact) mass is 229 g/mol. The molecule has 92 valence electrons. The van der Waals surface area contributed by atoms with Crippen molar-refractivity contribution in [3.8, 4) is 0 Å². The fraction of sp³-hybridized carbons (Fsp3) is 0.636. The molecule has 1 atom stereocenters. The maximum absolute atomic E-state index is 11.3. The van der Waals surface area contributed by atoms with Gasteiger partial charge in [0.15, 0.2) is 0 Å². The van der Waals surface area contributed by atoms with Crippen LogP contribution in [0.15, 0.2) is 11.6 Å². The molecule has 0 aromatic heterocycles. The van der Waals surface area contributed by atoms with Crippen molar-refractivity contribution in [2.24, 2.45) is 0 Å². The Kier molecular flexibility index (Phi) is 5.01. The predicted molar refractivity (Wildman–Crippen MR) is 60.2 cm³/mol. The average Bonchev–Trinajstić information content (AvgIpc) is 1.98. The van der Waals surface area contributed by atoms with Crippen LogP contribution in [0.1, 0.15) is 34.6 Å². The minimum atomic E-state index is -1.00. The number of carbonyl (C=O) groups is 2. The van der Waals surface area contributed by atoms with E-state index in [9.17, 15) is 9.59 Å². The first-order chi connectivity index (χ1) is 7.11. The van der Waals surface area contributed by atoms with Crippen molar-refractivity contribution < 1.29 is 19.4 Å². The van der Waals surface area contributed by atoms with Gasteiger partial charge in [0.1, 0.15) is 5.60 Å². The highest BCUT2D eigenvalue weighted by molar-refractivity contribution is 5.86. The first-order valence-corrected chi connectivity index (χ1v) is 5.03. The van der Waals surface area contributed by atoms with Crippen LogP contribution in [-0.2, 0) is 9.53 Å². The lowest BCUT2D eigenvalue weighted by Crippen LogP contribution is -2.37. The zero-order chi connectivity index (χ0) is 12.9. The van der Waals surface area contributed by atoms with Crippen molar-refractivity contribution in [2.45, 2.75) is 46.3 Å². The Labute approximate surface area is 95.5 Å². The van der Waals surface area contributed by atoms with Gasteiger partial charge in [0.05, 0.1) is 0 Å². The van der Waals surface area contributed by atoms with E-state index in [1.807, 2.05) is 0 Å². The fourth-order valence-electron chi connectivity index (χ4n) is 0.981. The van der Waals surface area contributed by atoms with E-state index >= 15 is 0 Å². The molecule has 0 saturated carbocycles. The number of aliphatic carboxylic acids is 1. The molecule has 16 heavy (non-hydrogen) atoms. The molecule has 0 aliphatic heterocycles. The van der Waals surface area contributed by atoms with Crippen molar-refractivity contribution in [1.29, 1.82) is 0 Å². The molecule has 0 aliphatic rings. The second-order valence-electron chi connectivity index (χ2n) is 4.59. The molecule has 0 saturated heterocycles. The molecule has 0 fully saturated rings. The number of alkyl carbamates (subject to hydrolysis) is 1. The molecule has 0 unspecified atom stereocenters. The lowest BCUT2D eigenvalue weighted by atomic mass is 10.2. The topological polar surface area (TPSA) is 75.6 Å². The molecule has 0 heterocycles. The third-order valence-electron chi connectivity index (χ3n) is 1.58. The van der Waals surface area contributed by atoms with E-state index in [1.54, 1.807) is 27.7 Å². The number of ether oxygens (including phenoxy) is 1. The third-order valence-corrected chi connectivity index (χ3v) is 1.58. The maximum atomic E-state index is 11.3. The Morgan fingerprint density at radius 1 is 1.38 bits per heavy atom. The molecule has 0 aromatic carbocycles. The zero-order valence-corrected chi connectivity index (χ0v) is 10.3. The van der Waals surface area contributed by atoms with E-state index in [1.165, 1.54) is 13.0 Å². The van der Waals surface area contributed by atoms with Crippen LogP contribution < -0.4 is 5.32 Å². The molecule has 2 N–H and O–H groups in total. The number of hydrogen-bond acceptors (Lipinski definition) is 3. The summed E-state index contributed by atoms with van der Waals surface area (Å²) in [6, 6.07) is -0.383. The zero-order valence-electron chi connectivity index (χ0n) is 10.3. The van der Waals surface area contributed by atoms with Crippen molar-refractivity contribution in [1.82, 2.24) is 5.32 Å². The number of amides is 1. The van der Waals surface area contributed by atoms with E-state index in [4.69, 9.17) is 9.84 Å². The van der Waals surface area contributed by atoms with Crippen LogP contribution in [0.25, 0.3) is 0 Å². The lowest BCUT2D eigenvalue weighted by Gasteiger charge is -2.21. The Bertz CT molecular complexity index is 302. The van der Waals surface area contributed by atoms with Crippen LogP contribution in [0.5, 0.6) is 0 Å². The SMILES string of the molecule is CC(=C[C@@H](C)NC(=O)OC(C)(C)C)C(=O)O. The highest BCUT2D eigenvalue weighted by Gasteiger charge is 2.17. The van der Waals surface area contributed by atoms with E-state index in [0.29, 0.717) is 0 Å². The smallest absolute Gasteiger partial charge is 0.408 e. The predicted octanol–water partition coefficient (Wildman–Crippen LogP) is 1.93. The van der Waals surface area contributed by atoms with Gasteiger partial charge < -0.3 is 15.2 Å². The first-order valence-electron chi connectivity index (χ1n) is 5.03. The molecule has 0 aliphatic carbocycles. The second kappa shape index (κ2) is 5.53. The van der Waals surface area contributed by atoms with Gasteiger partial charge in [-0.25, -0.2) is 9.59 Å². The largest absolute Gasteiger partial charge is 0.478 e. The van der Waals surface area contributed by atoms with Crippen molar-refractivity contribution in [2.75, 3.05) is 0 Å². The summed E-state index contributed by atoms with van der Waals surface area (Å²) >= 11 is 0. The summed E-state index contributed by atoms with van der Waals surface area (Å²) < 4.78 is 5.02. The molecule has 1 amide bonds. The minimum Gasteiger partial charge on any atom is -0.478 e. The van der Waals surface area contributed by atoms with E-state index in [0.717, 1.165) is 0 Å². The second-order valence-corrected chi connectivity index (χ2v) is 4.59. The highest BCUT2D eigenvalue weighted by Crippen LogP contribution is 2.07. The van der Waals surface area contributed by atoms with Gasteiger partial charge in [-0.2, -0.15) is 0 Å². The molecule has 0 rings (SSSR count). The Morgan fingerprint density at radius 2 is 1.88 bits per heavy atom. The summed E-state index contributed by atoms with van der Waals surface area (Å²) in [6.07, 6.45) is 0.890. The molecular weight excluding hydrogens is 210 g/mol. The lowest BCUT2D eigenvalue weighted by molar-refractivity contribution is -0.132. The summed E-state index contributed by atoms with van der Waals surface area (Å²) in [5, 5.41) is 11.2. The molecule has 0 spiro atoms. The Hall–Kier alpha value is -1.52. The van der Waals surface area contributed by atoms with Crippen molar-refractivity contribution in [3.63, 3.8) is 0 Å². The number of carboxylic acids is 1. The normalized spacial score (nSPS) is 14.2. The minimum absolute atomic E-state index is 0.184. The van der Waals surface area contributed by atoms with E-state index in [2.05, 4.69) is 5.32 Å². The van der Waals surface area contributed by atoms with Crippen molar-refractivity contribution >= 4 is 12.1 Å². The van der Waals surface area contributed by atoms with Gasteiger partial charge in [0.2, 0.25) is 0 Å². The van der Waals surface area contributed by atoms with Gasteiger partial charge >= 0.3 is 12.1 Å². The summed E-state index contributed by atoms with van der Waals surface area (Å²) in [6.45, 7) is 8.42. The third kappa shape index (κ3) is 6.86. The summed E-state index contributed by atoms with van der Waals surface area (Å²) in [5.41, 5.74) is -0.376. The number of hydrogen-bond donors (Lipinski definition) is 2. The quantitative estimate of drug-likeness (QED) is 0.725. The van der Waals surface area contributed by atoms with Gasteiger partial charge in [-0.3, -0.25) is 0 Å². The van der Waals surface area contributed by atoms with Gasteiger partial charge in [-0.05, 0) is 34.6 Å². The molecule has 0 bridgehead atoms. The summed E-state index contributed by atoms with van der Waals surface area (Å²) in [4.78, 5) is 21.8. The maximum Gasteiger partial charge on any atom is 0.408 e. The number of carbonyl (C=O) groups excluding carboxylic acids is 1. The standard InChI is InChI=1S/C11H19NO4/c1-7(9(13)14)6-8(2)12-10(15)16-11(3,4)5/h6,8H,1-5H3,(H,12,15)(H,13,14)/t8-/m1/s1. The Morgan fingerprint density at radius 3 is 2.25 bits per heavy atom. The molecule has 5 nitrogen and oxygen atoms in total. The fourth-order valence-corrected chi connectivity index (χ4v) is 0.981. The molecule has 0 radical (unpaired) electrons. The van der Waals surface area contributed by atoms with Crippen LogP contribution in [0, 0.1) is 0 Å². The van der Waals surface area contributed by atoms with Crippen LogP contribution in [0.2, 0.25) is 0 Å². The number of carboxylic acid groups (broad SMARTS) is 1. The molecule has 5 heteroatoms. The van der Waals surface area contributed by atoms with E-state index < -0.39 is 17.7 Å². The van der Waals surface area contributed by atoms with Crippen molar-refractivity contribution in [3.05, 3.63) is 11.6 Å². The van der Waals surface area contributed by atoms with Gasteiger partial charge in [0, 0.05) is 11.6 Å². The average molecular weight is 229 g/mol. The van der Waals surface area contributed by atoms with Crippen LogP contribution in [0.4, 0.5) is 4.79 Å². The molecular formula is C11H19NO4. The van der Waals surface area contributed by atoms with E-state index in [-0.39, 0.29) is 11.6 Å². The van der Waals surface area contributed by atoms with Gasteiger partial charge in [-0.1, -0.05) is 6.08 Å².